The topological polar surface area (TPSA) is 38.8 Å². The lowest BCUT2D eigenvalue weighted by molar-refractivity contribution is -0.212. The maximum absolute atomic E-state index is 13.3. The maximum Gasteiger partial charge on any atom is 0.325 e. The molecule has 1 unspecified atom stereocenters. The molecule has 142 valence electrons. The van der Waals surface area contributed by atoms with Crippen molar-refractivity contribution in [1.29, 1.82) is 0 Å². The van der Waals surface area contributed by atoms with E-state index in [1.54, 1.807) is 0 Å². The molecule has 2 aliphatic heterocycles. The van der Waals surface area contributed by atoms with Gasteiger partial charge in [0.25, 0.3) is 0 Å². The fourth-order valence-corrected chi connectivity index (χ4v) is 4.16. The third-order valence-corrected chi connectivity index (χ3v) is 5.74. The number of nitrogens with zero attached hydrogens (tertiary/aromatic N) is 1. The number of carbonyl (C=O) groups excluding carboxylic acids is 1. The highest BCUT2D eigenvalue weighted by atomic mass is 16.7. The first-order valence-electron chi connectivity index (χ1n) is 9.95. The molecule has 0 aliphatic carbocycles. The molecule has 4 heteroatoms. The van der Waals surface area contributed by atoms with Crippen LogP contribution in [0.25, 0.3) is 0 Å². The van der Waals surface area contributed by atoms with E-state index in [0.29, 0.717) is 6.61 Å². The lowest BCUT2D eigenvalue weighted by Gasteiger charge is -2.39. The molecule has 2 aromatic rings. The highest BCUT2D eigenvalue weighted by Gasteiger charge is 2.48. The minimum Gasteiger partial charge on any atom is -0.435 e. The lowest BCUT2D eigenvalue weighted by atomic mass is 9.74. The van der Waals surface area contributed by atoms with Gasteiger partial charge in [0, 0.05) is 13.0 Å². The Morgan fingerprint density at radius 2 is 1.48 bits per heavy atom. The average Bonchev–Trinajstić information content (AvgIpc) is 2.74. The number of rotatable bonds is 5. The summed E-state index contributed by atoms with van der Waals surface area (Å²) in [5, 5.41) is 0. The molecule has 0 radical (unpaired) electrons. The van der Waals surface area contributed by atoms with Gasteiger partial charge < -0.3 is 14.4 Å². The van der Waals surface area contributed by atoms with Crippen molar-refractivity contribution in [2.24, 2.45) is 0 Å². The molecular weight excluding hydrogens is 338 g/mol. The first-order chi connectivity index (χ1) is 13.3. The SMILES string of the molecule is O=C1OC(CCN2CCCCC2)OCC1(c1ccccc1)c1ccccc1. The lowest BCUT2D eigenvalue weighted by Crippen LogP contribution is -2.50. The number of esters is 1. The van der Waals surface area contributed by atoms with E-state index in [4.69, 9.17) is 9.47 Å². The van der Waals surface area contributed by atoms with Crippen LogP contribution in [0.15, 0.2) is 60.7 Å². The Morgan fingerprint density at radius 3 is 2.04 bits per heavy atom. The Bertz CT molecular complexity index is 701. The zero-order valence-corrected chi connectivity index (χ0v) is 15.7. The van der Waals surface area contributed by atoms with Crippen molar-refractivity contribution in [3.63, 3.8) is 0 Å². The summed E-state index contributed by atoms with van der Waals surface area (Å²) in [6.07, 6.45) is 4.11. The highest BCUT2D eigenvalue weighted by molar-refractivity contribution is 5.88. The Morgan fingerprint density at radius 1 is 0.889 bits per heavy atom. The largest absolute Gasteiger partial charge is 0.435 e. The van der Waals surface area contributed by atoms with E-state index in [9.17, 15) is 4.79 Å². The summed E-state index contributed by atoms with van der Waals surface area (Å²) in [5.41, 5.74) is 0.927. The van der Waals surface area contributed by atoms with Gasteiger partial charge in [-0.05, 0) is 37.1 Å². The molecule has 1 atom stereocenters. The van der Waals surface area contributed by atoms with Gasteiger partial charge >= 0.3 is 5.97 Å². The molecule has 2 saturated heterocycles. The Labute approximate surface area is 161 Å². The zero-order valence-electron chi connectivity index (χ0n) is 15.7. The second kappa shape index (κ2) is 8.24. The van der Waals surface area contributed by atoms with Crippen molar-refractivity contribution < 1.29 is 14.3 Å². The second-order valence-corrected chi connectivity index (χ2v) is 7.47. The molecule has 2 fully saturated rings. The van der Waals surface area contributed by atoms with Crippen LogP contribution >= 0.6 is 0 Å². The standard InChI is InChI=1S/C23H27NO3/c25-22-23(19-10-4-1-5-11-19,20-12-6-2-7-13-20)18-26-21(27-22)14-17-24-15-8-3-9-16-24/h1-2,4-7,10-13,21H,3,8-9,14-18H2. The van der Waals surface area contributed by atoms with E-state index in [-0.39, 0.29) is 5.97 Å². The number of hydrogen-bond donors (Lipinski definition) is 0. The number of hydrogen-bond acceptors (Lipinski definition) is 4. The summed E-state index contributed by atoms with van der Waals surface area (Å²) >= 11 is 0. The number of benzene rings is 2. The summed E-state index contributed by atoms with van der Waals surface area (Å²) in [5.74, 6) is -0.213. The van der Waals surface area contributed by atoms with E-state index >= 15 is 0 Å². The summed E-state index contributed by atoms with van der Waals surface area (Å²) in [7, 11) is 0. The molecule has 4 nitrogen and oxygen atoms in total. The minimum absolute atomic E-state index is 0.213. The highest BCUT2D eigenvalue weighted by Crippen LogP contribution is 2.38. The fraction of sp³-hybridized carbons (Fsp3) is 0.435. The monoisotopic (exact) mass is 365 g/mol. The molecular formula is C23H27NO3. The van der Waals surface area contributed by atoms with Gasteiger partial charge in [0.15, 0.2) is 0 Å². The van der Waals surface area contributed by atoms with E-state index in [1.807, 2.05) is 60.7 Å². The molecule has 2 aliphatic rings. The average molecular weight is 365 g/mol. The molecule has 0 saturated carbocycles. The van der Waals surface area contributed by atoms with Gasteiger partial charge in [0.2, 0.25) is 6.29 Å². The molecule has 0 aromatic heterocycles. The molecule has 2 heterocycles. The van der Waals surface area contributed by atoms with Gasteiger partial charge in [0.1, 0.15) is 5.41 Å². The molecule has 0 N–H and O–H groups in total. The third kappa shape index (κ3) is 3.78. The maximum atomic E-state index is 13.3. The number of likely N-dealkylation sites (tertiary alicyclic amines) is 1. The van der Waals surface area contributed by atoms with Crippen LogP contribution in [-0.4, -0.2) is 43.4 Å². The van der Waals surface area contributed by atoms with E-state index < -0.39 is 11.7 Å². The molecule has 27 heavy (non-hydrogen) atoms. The summed E-state index contributed by atoms with van der Waals surface area (Å²) in [6, 6.07) is 19.6. The van der Waals surface area contributed by atoms with Crippen molar-refractivity contribution in [1.82, 2.24) is 4.90 Å². The third-order valence-electron chi connectivity index (χ3n) is 5.74. The van der Waals surface area contributed by atoms with E-state index in [2.05, 4.69) is 4.90 Å². The van der Waals surface area contributed by atoms with Gasteiger partial charge in [-0.3, -0.25) is 4.79 Å². The first-order valence-corrected chi connectivity index (χ1v) is 9.95. The molecule has 4 rings (SSSR count). The van der Waals surface area contributed by atoms with Crippen LogP contribution in [-0.2, 0) is 19.7 Å². The van der Waals surface area contributed by atoms with Gasteiger partial charge in [-0.1, -0.05) is 67.1 Å². The van der Waals surface area contributed by atoms with Gasteiger partial charge in [-0.2, -0.15) is 0 Å². The fourth-order valence-electron chi connectivity index (χ4n) is 4.16. The molecule has 0 amide bonds. The number of cyclic esters (lactones) is 1. The Kier molecular flexibility index (Phi) is 5.55. The van der Waals surface area contributed by atoms with Gasteiger partial charge in [-0.15, -0.1) is 0 Å². The van der Waals surface area contributed by atoms with Gasteiger partial charge in [0.05, 0.1) is 6.61 Å². The first kappa shape index (κ1) is 18.2. The minimum atomic E-state index is -0.899. The van der Waals surface area contributed by atoms with Crippen molar-refractivity contribution in [3.05, 3.63) is 71.8 Å². The van der Waals surface area contributed by atoms with Crippen LogP contribution in [0.5, 0.6) is 0 Å². The predicted molar refractivity (Wildman–Crippen MR) is 104 cm³/mol. The van der Waals surface area contributed by atoms with Crippen LogP contribution in [0, 0.1) is 0 Å². The Hall–Kier alpha value is -2.17. The van der Waals surface area contributed by atoms with Crippen LogP contribution in [0.1, 0.15) is 36.8 Å². The zero-order chi connectivity index (χ0) is 18.5. The van der Waals surface area contributed by atoms with Crippen molar-refractivity contribution in [3.8, 4) is 0 Å². The van der Waals surface area contributed by atoms with Crippen molar-refractivity contribution in [2.75, 3.05) is 26.2 Å². The molecule has 0 bridgehead atoms. The molecule has 2 aromatic carbocycles. The summed E-state index contributed by atoms with van der Waals surface area (Å²) in [6.45, 7) is 3.50. The summed E-state index contributed by atoms with van der Waals surface area (Å²) in [4.78, 5) is 15.7. The molecule has 0 spiro atoms. The van der Waals surface area contributed by atoms with Crippen LogP contribution < -0.4 is 0 Å². The number of carbonyl (C=O) groups is 1. The smallest absolute Gasteiger partial charge is 0.325 e. The van der Waals surface area contributed by atoms with E-state index in [1.165, 1.54) is 19.3 Å². The predicted octanol–water partition coefficient (Wildman–Crippen LogP) is 3.75. The van der Waals surface area contributed by atoms with Crippen LogP contribution in [0.2, 0.25) is 0 Å². The van der Waals surface area contributed by atoms with Crippen LogP contribution in [0.4, 0.5) is 0 Å². The van der Waals surface area contributed by atoms with Crippen molar-refractivity contribution >= 4 is 5.97 Å². The van der Waals surface area contributed by atoms with Crippen LogP contribution in [0.3, 0.4) is 0 Å². The number of ether oxygens (including phenoxy) is 2. The quantitative estimate of drug-likeness (QED) is 0.757. The Balaban J connectivity index is 1.51. The van der Waals surface area contributed by atoms with E-state index in [0.717, 1.165) is 37.2 Å². The second-order valence-electron chi connectivity index (χ2n) is 7.47. The normalized spacial score (nSPS) is 23.0. The number of piperidine rings is 1. The van der Waals surface area contributed by atoms with Gasteiger partial charge in [-0.25, -0.2) is 0 Å². The van der Waals surface area contributed by atoms with Crippen molar-refractivity contribution in [2.45, 2.75) is 37.4 Å². The summed E-state index contributed by atoms with van der Waals surface area (Å²) < 4.78 is 11.9.